The first-order valence-electron chi connectivity index (χ1n) is 30.3. The van der Waals surface area contributed by atoms with Gasteiger partial charge in [-0.15, -0.1) is 0 Å². The van der Waals surface area contributed by atoms with Gasteiger partial charge < -0.3 is 36.1 Å². The molecule has 9 heteroatoms. The molecular weight excluding hydrogens is 498 g/mol. The largest absolute Gasteiger partial charge is 0.493 e. The lowest BCUT2D eigenvalue weighted by Crippen LogP contribution is -2.46. The van der Waals surface area contributed by atoms with Crippen LogP contribution in [0.3, 0.4) is 0 Å². The Balaban J connectivity index is 4.87. The number of amides is 2. The zero-order chi connectivity index (χ0) is 64.1. The maximum absolute atomic E-state index is 14.3. The van der Waals surface area contributed by atoms with Gasteiger partial charge in [-0.25, -0.2) is 0 Å². The van der Waals surface area contributed by atoms with Gasteiger partial charge in [0.1, 0.15) is 0 Å². The molecule has 0 aliphatic carbocycles. The fourth-order valence-electron chi connectivity index (χ4n) is 2.30. The van der Waals surface area contributed by atoms with Crippen molar-refractivity contribution in [3.05, 3.63) is 23.7 Å². The van der Waals surface area contributed by atoms with Crippen LogP contribution in [-0.4, -0.2) is 62.7 Å². The average molecular weight is 592 g/mol. The van der Waals surface area contributed by atoms with E-state index in [0.717, 1.165) is 5.32 Å². The van der Waals surface area contributed by atoms with E-state index in [4.69, 9.17) is 66.9 Å². The second-order valence-electron chi connectivity index (χ2n) is 7.12. The van der Waals surface area contributed by atoms with Gasteiger partial charge >= 0.3 is 0 Å². The van der Waals surface area contributed by atoms with Gasteiger partial charge in [0, 0.05) is 72.7 Å². The number of benzene rings is 1. The highest BCUT2D eigenvalue weighted by molar-refractivity contribution is 5.83. The van der Waals surface area contributed by atoms with Gasteiger partial charge in [-0.2, -0.15) is 0 Å². The first-order chi connectivity index (χ1) is 33.9. The lowest BCUT2D eigenvalue weighted by molar-refractivity contribution is -0.130. The Morgan fingerprint density at radius 2 is 1.95 bits per heavy atom. The number of primary amides is 1. The summed E-state index contributed by atoms with van der Waals surface area (Å²) >= 11 is 0. The molecule has 0 fully saturated rings. The number of carbonyl (C=O) groups excluding carboxylic acids is 2. The minimum Gasteiger partial charge on any atom is -0.493 e. The molecule has 0 heterocycles. The molecule has 0 radical (unpaired) electrons. The number of aliphatic hydroxyl groups is 1. The van der Waals surface area contributed by atoms with Crippen molar-refractivity contribution in [2.45, 2.75) is 78.8 Å². The van der Waals surface area contributed by atoms with Crippen LogP contribution in [-0.2, 0) is 20.7 Å². The van der Waals surface area contributed by atoms with Crippen LogP contribution < -0.4 is 26.3 Å². The maximum atomic E-state index is 14.3. The van der Waals surface area contributed by atoms with Crippen molar-refractivity contribution in [3.8, 4) is 11.5 Å². The molecule has 2 amide bonds. The van der Waals surface area contributed by atoms with Gasteiger partial charge in [0.2, 0.25) is 11.8 Å². The van der Waals surface area contributed by atoms with Crippen LogP contribution in [0.15, 0.2) is 18.1 Å². The summed E-state index contributed by atoms with van der Waals surface area (Å²) in [4.78, 5) is 27.1. The molecule has 0 bridgehead atoms. The summed E-state index contributed by atoms with van der Waals surface area (Å²) in [5.41, 5.74) is 4.29. The third kappa shape index (κ3) is 11.7. The molecule has 39 heavy (non-hydrogen) atoms. The summed E-state index contributed by atoms with van der Waals surface area (Å²) in [5.74, 6) is -26.4. The first kappa shape index (κ1) is 7.92. The van der Waals surface area contributed by atoms with E-state index in [9.17, 15) is 18.8 Å². The van der Waals surface area contributed by atoms with Crippen molar-refractivity contribution in [2.24, 2.45) is 40.5 Å². The predicted molar refractivity (Wildman–Crippen MR) is 155 cm³/mol. The molecule has 9 nitrogen and oxygen atoms in total. The first-order valence-corrected chi connectivity index (χ1v) is 10.1. The summed E-state index contributed by atoms with van der Waals surface area (Å²) < 4.78 is 341. The molecule has 224 valence electrons. The molecule has 0 aliphatic rings. The molecule has 0 saturated carbocycles. The molecule has 0 unspecified atom stereocenters. The van der Waals surface area contributed by atoms with Gasteiger partial charge in [-0.05, 0) is 68.3 Å². The van der Waals surface area contributed by atoms with Gasteiger partial charge in [-0.3, -0.25) is 9.59 Å². The summed E-state index contributed by atoms with van der Waals surface area (Å²) in [6.45, 7) is -39.8. The molecule has 6 N–H and O–H groups in total. The maximum Gasteiger partial charge on any atom is 0.224 e. The molecule has 0 aliphatic heterocycles. The zero-order valence-corrected chi connectivity index (χ0v) is 19.8. The predicted octanol–water partition coefficient (Wildman–Crippen LogP) is 3.29. The fourth-order valence-corrected chi connectivity index (χ4v) is 2.30. The topological polar surface area (TPSA) is 146 Å². The molecule has 0 aromatic heterocycles. The molecule has 1 aromatic rings. The zero-order valence-electron chi connectivity index (χ0n) is 59.8. The molecular formula is C30H53N3O6. The van der Waals surface area contributed by atoms with Crippen molar-refractivity contribution in [2.75, 3.05) is 33.7 Å². The lowest BCUT2D eigenvalue weighted by atomic mass is 9.80. The lowest BCUT2D eigenvalue weighted by Gasteiger charge is -2.30. The van der Waals surface area contributed by atoms with Gasteiger partial charge in [0.05, 0.1) is 45.7 Å². The minimum atomic E-state index is -4.77. The Kier molecular flexibility index (Phi) is 3.39. The van der Waals surface area contributed by atoms with E-state index in [1.54, 1.807) is 0 Å². The Morgan fingerprint density at radius 1 is 1.18 bits per heavy atom. The van der Waals surface area contributed by atoms with Crippen LogP contribution in [0, 0.1) is 29.0 Å². The Morgan fingerprint density at radius 3 is 2.59 bits per heavy atom. The molecule has 1 aromatic carbocycles. The second-order valence-corrected chi connectivity index (χ2v) is 7.12. The van der Waals surface area contributed by atoms with E-state index in [2.05, 4.69) is 9.47 Å². The van der Waals surface area contributed by atoms with Crippen LogP contribution in [0.25, 0.3) is 0 Å². The van der Waals surface area contributed by atoms with E-state index in [1.807, 2.05) is 0 Å². The number of ether oxygens (including phenoxy) is 3. The van der Waals surface area contributed by atoms with Crippen LogP contribution in [0.5, 0.6) is 11.5 Å². The fraction of sp³-hybridized carbons (Fsp3) is 0.733. The highest BCUT2D eigenvalue weighted by Crippen LogP contribution is 2.32. The summed E-state index contributed by atoms with van der Waals surface area (Å²) in [7, 11) is -6.63. The van der Waals surface area contributed by atoms with Crippen LogP contribution in [0.2, 0.25) is 0 Å². The normalized spacial score (nSPS) is 37.6. The Bertz CT molecular complexity index is 2340. The van der Waals surface area contributed by atoms with E-state index >= 15 is 0 Å². The highest BCUT2D eigenvalue weighted by Gasteiger charge is 2.32. The van der Waals surface area contributed by atoms with E-state index < -0.39 is 189 Å². The van der Waals surface area contributed by atoms with Gasteiger partial charge in [0.25, 0.3) is 0 Å². The van der Waals surface area contributed by atoms with E-state index in [0.29, 0.717) is 0 Å². The molecule has 4 atom stereocenters. The van der Waals surface area contributed by atoms with Crippen molar-refractivity contribution in [3.63, 3.8) is 0 Å². The highest BCUT2D eigenvalue weighted by atomic mass is 16.5. The third-order valence-electron chi connectivity index (χ3n) is 4.28. The molecule has 1 rings (SSSR count). The Labute approximate surface area is 291 Å². The van der Waals surface area contributed by atoms with E-state index in [-0.39, 0.29) is 0 Å². The number of nitrogens with two attached hydrogens (primary N) is 2. The van der Waals surface area contributed by atoms with Crippen molar-refractivity contribution in [1.29, 1.82) is 0 Å². The monoisotopic (exact) mass is 592 g/mol. The number of nitrogens with one attached hydrogen (secondary N) is 1. The quantitative estimate of drug-likeness (QED) is 0.193. The Hall–Kier alpha value is -2.36. The number of carbonyl (C=O) groups is 2. The number of rotatable bonds is 19. The summed E-state index contributed by atoms with van der Waals surface area (Å²) in [6, 6.07) is -10.6. The van der Waals surface area contributed by atoms with Crippen molar-refractivity contribution < 1.29 is 83.7 Å². The van der Waals surface area contributed by atoms with Gasteiger partial charge in [0.15, 0.2) is 11.5 Å². The van der Waals surface area contributed by atoms with Crippen LogP contribution in [0.4, 0.5) is 0 Å². The standard InChI is InChI=1S/C30H53N3O6/c1-19(2)22(14-21-10-11-26(38-8)27(15-21)39-13-9-12-37-7)16-24(31)25(34)17-23(20(3)4)28(35)33-18-30(5,6)29(32)36/h10-11,15,19-20,22-25,34H,9,12-14,16-18,31H2,1-8H3,(H2,32,36)(H,33,35)/t22-,23-,24-,25+/m1/s1/i1D3,2D3,3D3,4D3,5D3,6D3,7D2,8D3,9D2,10D,11D,12D2,13D2,14D2,15D,18D2,22D,23D,24D,25D. The number of methoxy groups -OCH3 is 2. The summed E-state index contributed by atoms with van der Waals surface area (Å²) in [5, 5.41) is 12.8. The van der Waals surface area contributed by atoms with Crippen molar-refractivity contribution in [1.82, 2.24) is 5.32 Å². The number of hydrogen-bond acceptors (Lipinski definition) is 7. The number of hydrogen-bond donors (Lipinski definition) is 4. The summed E-state index contributed by atoms with van der Waals surface area (Å²) in [6.07, 6.45) is -19.4. The van der Waals surface area contributed by atoms with E-state index in [1.165, 1.54) is 0 Å². The molecule has 0 spiro atoms. The average Bonchev–Trinajstić information content (AvgIpc) is 3.09. The second kappa shape index (κ2) is 16.7. The third-order valence-corrected chi connectivity index (χ3v) is 4.28. The van der Waals surface area contributed by atoms with Crippen LogP contribution in [0.1, 0.15) is 121 Å². The smallest absolute Gasteiger partial charge is 0.224 e. The SMILES string of the molecule is [2H]c1c([2H])c(C([2H])([2H])[C@]([2H])(C[C@@]([2H])(N)[C@@]([2H])(O)C[C@@]([2H])(C(=O)NC([2H])([2H])C(C(N)=O)(C([2H])([2H])[2H])C([2H])([2H])[2H])C(C([2H])([2H])[2H])C([2H])([2H])[2H])C(C([2H])([2H])[2H])C([2H])([2H])[2H])c([2H])c(OC([2H])([2H])C([2H])([2H])C([2H])([2H])OC([2H])[2H])c1OC([2H])([2H])[2H]. The minimum absolute atomic E-state index is 0.899. The molecule has 0 saturated heterocycles. The van der Waals surface area contributed by atoms with Gasteiger partial charge in [-0.1, -0.05) is 33.4 Å². The van der Waals surface area contributed by atoms with Crippen molar-refractivity contribution >= 4 is 11.8 Å². The van der Waals surface area contributed by atoms with Crippen LogP contribution >= 0.6 is 0 Å².